The molecule has 0 bridgehead atoms. The highest BCUT2D eigenvalue weighted by molar-refractivity contribution is 5.22. The number of benzene rings is 1. The van der Waals surface area contributed by atoms with Crippen molar-refractivity contribution in [2.45, 2.75) is 52.2 Å². The summed E-state index contributed by atoms with van der Waals surface area (Å²) in [6.45, 7) is 6.89. The molecule has 3 unspecified atom stereocenters. The van der Waals surface area contributed by atoms with Gasteiger partial charge in [-0.05, 0) is 61.9 Å². The maximum atomic E-state index is 13.0. The lowest BCUT2D eigenvalue weighted by molar-refractivity contribution is 0.0495. The minimum Gasteiger partial charge on any atom is -0.489 e. The number of hydrogen-bond acceptors (Lipinski definition) is 2. The Bertz CT molecular complexity index is 424. The van der Waals surface area contributed by atoms with Crippen LogP contribution >= 0.6 is 0 Å². The van der Waals surface area contributed by atoms with E-state index in [0.717, 1.165) is 18.6 Å². The summed E-state index contributed by atoms with van der Waals surface area (Å²) in [5.41, 5.74) is 0.309. The second kappa shape index (κ2) is 6.13. The van der Waals surface area contributed by atoms with Gasteiger partial charge in [-0.3, -0.25) is 0 Å². The van der Waals surface area contributed by atoms with E-state index in [1.54, 1.807) is 12.1 Å². The van der Waals surface area contributed by atoms with Crippen molar-refractivity contribution in [2.24, 2.45) is 11.3 Å². The number of likely N-dealkylation sites (N-methyl/N-ethyl adjacent to an activating group) is 1. The summed E-state index contributed by atoms with van der Waals surface area (Å²) < 4.78 is 19.1. The van der Waals surface area contributed by atoms with Crippen molar-refractivity contribution in [1.29, 1.82) is 0 Å². The van der Waals surface area contributed by atoms with E-state index >= 15 is 0 Å². The van der Waals surface area contributed by atoms with Crippen LogP contribution in [0, 0.1) is 17.2 Å². The van der Waals surface area contributed by atoms with E-state index in [-0.39, 0.29) is 11.9 Å². The molecular weight excluding hydrogens is 253 g/mol. The first-order valence-electron chi connectivity index (χ1n) is 7.49. The van der Waals surface area contributed by atoms with Gasteiger partial charge in [0, 0.05) is 6.04 Å². The van der Waals surface area contributed by atoms with Gasteiger partial charge in [-0.1, -0.05) is 20.8 Å². The fourth-order valence-corrected chi connectivity index (χ4v) is 3.06. The van der Waals surface area contributed by atoms with E-state index in [4.69, 9.17) is 4.74 Å². The lowest BCUT2D eigenvalue weighted by atomic mass is 9.70. The molecule has 1 fully saturated rings. The van der Waals surface area contributed by atoms with Gasteiger partial charge in [-0.15, -0.1) is 0 Å². The van der Waals surface area contributed by atoms with Crippen LogP contribution in [0.2, 0.25) is 0 Å². The minimum atomic E-state index is -0.223. The molecule has 112 valence electrons. The van der Waals surface area contributed by atoms with Crippen LogP contribution in [0.1, 0.15) is 40.0 Å². The lowest BCUT2D eigenvalue weighted by Gasteiger charge is -2.41. The van der Waals surface area contributed by atoms with Gasteiger partial charge < -0.3 is 10.1 Å². The Morgan fingerprint density at radius 1 is 1.15 bits per heavy atom. The molecule has 0 saturated heterocycles. The quantitative estimate of drug-likeness (QED) is 0.902. The number of hydrogen-bond donors (Lipinski definition) is 1. The van der Waals surface area contributed by atoms with Crippen LogP contribution < -0.4 is 10.1 Å². The predicted octanol–water partition coefficient (Wildman–Crippen LogP) is 4.01. The van der Waals surface area contributed by atoms with E-state index in [1.807, 2.05) is 7.05 Å². The van der Waals surface area contributed by atoms with Gasteiger partial charge in [0.1, 0.15) is 17.7 Å². The fourth-order valence-electron chi connectivity index (χ4n) is 3.06. The molecule has 20 heavy (non-hydrogen) atoms. The van der Waals surface area contributed by atoms with Gasteiger partial charge in [0.15, 0.2) is 0 Å². The Kier molecular flexibility index (Phi) is 4.69. The minimum absolute atomic E-state index is 0.156. The first-order chi connectivity index (χ1) is 9.40. The summed E-state index contributed by atoms with van der Waals surface area (Å²) in [7, 11) is 1.99. The number of halogens is 1. The molecule has 0 aliphatic heterocycles. The van der Waals surface area contributed by atoms with Crippen LogP contribution in [0.15, 0.2) is 24.3 Å². The molecular formula is C17H26FNO. The summed E-state index contributed by atoms with van der Waals surface area (Å²) in [4.78, 5) is 0. The molecule has 2 rings (SSSR count). The third kappa shape index (κ3) is 3.72. The number of ether oxygens (including phenoxy) is 1. The Hall–Kier alpha value is -1.09. The maximum Gasteiger partial charge on any atom is 0.123 e. The predicted molar refractivity (Wildman–Crippen MR) is 80.5 cm³/mol. The van der Waals surface area contributed by atoms with Crippen molar-refractivity contribution in [3.63, 3.8) is 0 Å². The summed E-state index contributed by atoms with van der Waals surface area (Å²) in [5, 5.41) is 3.36. The zero-order chi connectivity index (χ0) is 14.8. The van der Waals surface area contributed by atoms with Crippen molar-refractivity contribution in [1.82, 2.24) is 5.32 Å². The van der Waals surface area contributed by atoms with Crippen LogP contribution in [-0.4, -0.2) is 19.2 Å². The average molecular weight is 279 g/mol. The van der Waals surface area contributed by atoms with Gasteiger partial charge >= 0.3 is 0 Å². The molecule has 0 amide bonds. The lowest BCUT2D eigenvalue weighted by Crippen LogP contribution is -2.47. The van der Waals surface area contributed by atoms with E-state index < -0.39 is 0 Å². The summed E-state index contributed by atoms with van der Waals surface area (Å²) in [6, 6.07) is 6.70. The molecule has 1 aliphatic carbocycles. The van der Waals surface area contributed by atoms with Crippen LogP contribution in [0.5, 0.6) is 5.75 Å². The van der Waals surface area contributed by atoms with E-state index in [0.29, 0.717) is 17.4 Å². The van der Waals surface area contributed by atoms with Crippen LogP contribution in [-0.2, 0) is 0 Å². The van der Waals surface area contributed by atoms with E-state index in [9.17, 15) is 4.39 Å². The zero-order valence-corrected chi connectivity index (χ0v) is 12.9. The second-order valence-electron chi connectivity index (χ2n) is 6.88. The summed E-state index contributed by atoms with van der Waals surface area (Å²) >= 11 is 0. The van der Waals surface area contributed by atoms with Crippen LogP contribution in [0.4, 0.5) is 4.39 Å². The van der Waals surface area contributed by atoms with Crippen molar-refractivity contribution in [3.05, 3.63) is 30.1 Å². The topological polar surface area (TPSA) is 21.3 Å². The molecule has 1 aliphatic rings. The molecule has 1 saturated carbocycles. The van der Waals surface area contributed by atoms with Gasteiger partial charge in [0.25, 0.3) is 0 Å². The van der Waals surface area contributed by atoms with Gasteiger partial charge in [0.2, 0.25) is 0 Å². The molecule has 0 heterocycles. The maximum absolute atomic E-state index is 13.0. The summed E-state index contributed by atoms with van der Waals surface area (Å²) in [5.74, 6) is 1.20. The molecule has 2 nitrogen and oxygen atoms in total. The largest absolute Gasteiger partial charge is 0.489 e. The van der Waals surface area contributed by atoms with Crippen molar-refractivity contribution >= 4 is 0 Å². The number of nitrogens with one attached hydrogen (secondary N) is 1. The average Bonchev–Trinajstić information content (AvgIpc) is 2.40. The van der Waals surface area contributed by atoms with Crippen molar-refractivity contribution < 1.29 is 9.13 Å². The van der Waals surface area contributed by atoms with E-state index in [1.165, 1.54) is 18.6 Å². The highest BCUT2D eigenvalue weighted by Gasteiger charge is 2.36. The van der Waals surface area contributed by atoms with Crippen LogP contribution in [0.3, 0.4) is 0 Å². The Labute approximate surface area is 121 Å². The van der Waals surface area contributed by atoms with Crippen molar-refractivity contribution in [3.8, 4) is 5.75 Å². The second-order valence-corrected chi connectivity index (χ2v) is 6.88. The zero-order valence-electron chi connectivity index (χ0n) is 12.9. The molecule has 1 aromatic rings. The molecule has 3 heteroatoms. The normalized spacial score (nSPS) is 27.4. The summed E-state index contributed by atoms with van der Waals surface area (Å²) in [6.07, 6.45) is 3.57. The molecule has 0 aromatic heterocycles. The van der Waals surface area contributed by atoms with Gasteiger partial charge in [0.05, 0.1) is 0 Å². The monoisotopic (exact) mass is 279 g/mol. The van der Waals surface area contributed by atoms with Crippen molar-refractivity contribution in [2.75, 3.05) is 7.05 Å². The standard InChI is InChI=1S/C17H26FNO/c1-17(2,3)12-5-10-15(19-4)16(11-12)20-14-8-6-13(18)7-9-14/h6-9,12,15-16,19H,5,10-11H2,1-4H3. The third-order valence-corrected chi connectivity index (χ3v) is 4.49. The Morgan fingerprint density at radius 3 is 2.35 bits per heavy atom. The number of rotatable bonds is 3. The van der Waals surface area contributed by atoms with Gasteiger partial charge in [-0.25, -0.2) is 4.39 Å². The molecule has 3 atom stereocenters. The Morgan fingerprint density at radius 2 is 1.80 bits per heavy atom. The van der Waals surface area contributed by atoms with Crippen LogP contribution in [0.25, 0.3) is 0 Å². The highest BCUT2D eigenvalue weighted by Crippen LogP contribution is 2.39. The molecule has 1 aromatic carbocycles. The molecule has 0 radical (unpaired) electrons. The highest BCUT2D eigenvalue weighted by atomic mass is 19.1. The first kappa shape index (κ1) is 15.3. The van der Waals surface area contributed by atoms with E-state index in [2.05, 4.69) is 26.1 Å². The smallest absolute Gasteiger partial charge is 0.123 e. The van der Waals surface area contributed by atoms with Gasteiger partial charge in [-0.2, -0.15) is 0 Å². The first-order valence-corrected chi connectivity index (χ1v) is 7.49. The SMILES string of the molecule is CNC1CCC(C(C)(C)C)CC1Oc1ccc(F)cc1. The fraction of sp³-hybridized carbons (Fsp3) is 0.647. The third-order valence-electron chi connectivity index (χ3n) is 4.49. The Balaban J connectivity index is 2.07. The molecule has 1 N–H and O–H groups in total. The molecule has 0 spiro atoms.